The van der Waals surface area contributed by atoms with E-state index in [9.17, 15) is 13.2 Å². The minimum absolute atomic E-state index is 0.674. The standard InChI is InChI=1S/C14H14F3N5/c15-14(16,17)11-2-3-12(20-10-11)21-6-8-22(9-7-21)13-18-4-1-5-19-13/h1-5,10H,6-9H2/p+1. The molecular formula is C14H15F3N5+. The van der Waals surface area contributed by atoms with Crippen molar-refractivity contribution in [3.8, 4) is 0 Å². The van der Waals surface area contributed by atoms with Crippen molar-refractivity contribution in [3.05, 3.63) is 42.4 Å². The fraction of sp³-hybridized carbons (Fsp3) is 0.357. The number of nitrogens with one attached hydrogen (secondary N) is 1. The number of alkyl halides is 3. The molecule has 1 aliphatic rings. The Balaban J connectivity index is 1.64. The van der Waals surface area contributed by atoms with E-state index in [2.05, 4.69) is 19.9 Å². The number of H-pyrrole nitrogens is 1. The normalized spacial score (nSPS) is 16.0. The summed E-state index contributed by atoms with van der Waals surface area (Å²) in [5.74, 6) is 1.36. The van der Waals surface area contributed by atoms with Gasteiger partial charge in [-0.1, -0.05) is 0 Å². The van der Waals surface area contributed by atoms with Crippen LogP contribution in [0.5, 0.6) is 0 Å². The van der Waals surface area contributed by atoms with Crippen molar-refractivity contribution >= 4 is 11.8 Å². The molecule has 0 aliphatic carbocycles. The zero-order valence-electron chi connectivity index (χ0n) is 11.7. The summed E-state index contributed by atoms with van der Waals surface area (Å²) in [5, 5.41) is 0. The van der Waals surface area contributed by atoms with E-state index in [0.29, 0.717) is 24.9 Å². The van der Waals surface area contributed by atoms with Crippen LogP contribution >= 0.6 is 0 Å². The van der Waals surface area contributed by atoms with Gasteiger partial charge < -0.3 is 4.90 Å². The van der Waals surface area contributed by atoms with Crippen molar-refractivity contribution in [2.24, 2.45) is 0 Å². The molecule has 22 heavy (non-hydrogen) atoms. The molecule has 2 aromatic rings. The molecular weight excluding hydrogens is 295 g/mol. The largest absolute Gasteiger partial charge is 0.419 e. The number of aromatic nitrogens is 3. The molecule has 1 aliphatic heterocycles. The lowest BCUT2D eigenvalue weighted by Crippen LogP contribution is -2.48. The number of halogens is 3. The second-order valence-corrected chi connectivity index (χ2v) is 4.98. The van der Waals surface area contributed by atoms with Gasteiger partial charge >= 0.3 is 6.18 Å². The highest BCUT2D eigenvalue weighted by Gasteiger charge is 2.32. The van der Waals surface area contributed by atoms with Gasteiger partial charge in [0.1, 0.15) is 19.3 Å². The molecule has 0 spiro atoms. The number of aromatic amines is 1. The molecule has 2 aromatic heterocycles. The fourth-order valence-electron chi connectivity index (χ4n) is 2.39. The van der Waals surface area contributed by atoms with E-state index in [0.717, 1.165) is 25.4 Å². The Bertz CT molecular complexity index is 607. The Morgan fingerprint density at radius 3 is 2.14 bits per heavy atom. The van der Waals surface area contributed by atoms with Gasteiger partial charge in [-0.15, -0.1) is 0 Å². The lowest BCUT2D eigenvalue weighted by atomic mass is 10.2. The van der Waals surface area contributed by atoms with Gasteiger partial charge in [0, 0.05) is 18.5 Å². The summed E-state index contributed by atoms with van der Waals surface area (Å²) in [5.41, 5.74) is -0.674. The number of hydrogen-bond donors (Lipinski definition) is 0. The Hall–Kier alpha value is -2.38. The third-order valence-corrected chi connectivity index (χ3v) is 3.58. The molecule has 0 radical (unpaired) electrons. The Morgan fingerprint density at radius 2 is 1.59 bits per heavy atom. The van der Waals surface area contributed by atoms with Gasteiger partial charge in [0.05, 0.1) is 18.7 Å². The Labute approximate surface area is 125 Å². The van der Waals surface area contributed by atoms with E-state index >= 15 is 0 Å². The van der Waals surface area contributed by atoms with Crippen molar-refractivity contribution in [1.82, 2.24) is 9.97 Å². The maximum absolute atomic E-state index is 12.5. The van der Waals surface area contributed by atoms with E-state index in [1.54, 1.807) is 18.5 Å². The quantitative estimate of drug-likeness (QED) is 0.846. The van der Waals surface area contributed by atoms with Crippen LogP contribution in [-0.4, -0.2) is 36.1 Å². The molecule has 0 atom stereocenters. The third-order valence-electron chi connectivity index (χ3n) is 3.58. The summed E-state index contributed by atoms with van der Waals surface area (Å²) < 4.78 is 37.6. The summed E-state index contributed by atoms with van der Waals surface area (Å²) >= 11 is 0. The van der Waals surface area contributed by atoms with E-state index < -0.39 is 11.7 Å². The minimum Gasteiger partial charge on any atom is -0.333 e. The lowest BCUT2D eigenvalue weighted by molar-refractivity contribution is -0.367. The lowest BCUT2D eigenvalue weighted by Gasteiger charge is -2.30. The van der Waals surface area contributed by atoms with Crippen molar-refractivity contribution in [3.63, 3.8) is 0 Å². The summed E-state index contributed by atoms with van der Waals surface area (Å²) in [4.78, 5) is 15.2. The van der Waals surface area contributed by atoms with E-state index in [1.807, 2.05) is 4.90 Å². The van der Waals surface area contributed by atoms with Crippen LogP contribution in [0.3, 0.4) is 0 Å². The predicted molar refractivity (Wildman–Crippen MR) is 74.5 cm³/mol. The summed E-state index contributed by atoms with van der Waals surface area (Å²) in [7, 11) is 0. The van der Waals surface area contributed by atoms with Crippen LogP contribution in [0.4, 0.5) is 24.9 Å². The van der Waals surface area contributed by atoms with Gasteiger partial charge in [0.25, 0.3) is 5.82 Å². The smallest absolute Gasteiger partial charge is 0.333 e. The predicted octanol–water partition coefficient (Wildman–Crippen LogP) is 1.64. The van der Waals surface area contributed by atoms with Crippen LogP contribution in [-0.2, 0) is 6.18 Å². The Morgan fingerprint density at radius 1 is 0.955 bits per heavy atom. The molecule has 116 valence electrons. The van der Waals surface area contributed by atoms with Gasteiger partial charge in [0.2, 0.25) is 5.95 Å². The van der Waals surface area contributed by atoms with Crippen molar-refractivity contribution in [1.29, 1.82) is 0 Å². The molecule has 1 fully saturated rings. The van der Waals surface area contributed by atoms with Gasteiger partial charge in [0.15, 0.2) is 0 Å². The molecule has 3 heterocycles. The molecule has 0 aromatic carbocycles. The number of pyridine rings is 1. The number of nitrogens with zero attached hydrogens (tertiary/aromatic N) is 4. The van der Waals surface area contributed by atoms with Crippen molar-refractivity contribution < 1.29 is 18.2 Å². The summed E-state index contributed by atoms with van der Waals surface area (Å²) in [6, 6.07) is 4.33. The maximum atomic E-state index is 12.5. The SMILES string of the molecule is FC(F)(F)c1ccc(N2CCN(c3ncccn3)CC2)[nH+]c1. The number of piperazine rings is 1. The zero-order chi connectivity index (χ0) is 15.6. The summed E-state index contributed by atoms with van der Waals surface area (Å²) in [6.45, 7) is 2.83. The maximum Gasteiger partial charge on any atom is 0.419 e. The van der Waals surface area contributed by atoms with Gasteiger partial charge in [-0.3, -0.25) is 4.90 Å². The van der Waals surface area contributed by atoms with Crippen LogP contribution in [0.2, 0.25) is 0 Å². The van der Waals surface area contributed by atoms with Gasteiger partial charge in [-0.05, 0) is 12.1 Å². The van der Waals surface area contributed by atoms with Gasteiger partial charge in [-0.25, -0.2) is 15.0 Å². The first-order valence-electron chi connectivity index (χ1n) is 6.90. The average Bonchev–Trinajstić information content (AvgIpc) is 2.55. The first-order valence-corrected chi connectivity index (χ1v) is 6.90. The second-order valence-electron chi connectivity index (χ2n) is 4.98. The highest BCUT2D eigenvalue weighted by Crippen LogP contribution is 2.28. The first kappa shape index (κ1) is 14.6. The molecule has 1 saturated heterocycles. The van der Waals surface area contributed by atoms with Crippen LogP contribution in [0, 0.1) is 0 Å². The highest BCUT2D eigenvalue weighted by molar-refractivity contribution is 5.39. The molecule has 3 rings (SSSR count). The second kappa shape index (κ2) is 5.78. The van der Waals surface area contributed by atoms with Crippen molar-refractivity contribution in [2.75, 3.05) is 36.0 Å². The molecule has 1 N–H and O–H groups in total. The van der Waals surface area contributed by atoms with Crippen LogP contribution in [0.1, 0.15) is 5.56 Å². The molecule has 0 saturated carbocycles. The first-order chi connectivity index (χ1) is 10.5. The van der Waals surface area contributed by atoms with Crippen molar-refractivity contribution in [2.45, 2.75) is 6.18 Å². The van der Waals surface area contributed by atoms with E-state index in [-0.39, 0.29) is 0 Å². The zero-order valence-corrected chi connectivity index (χ0v) is 11.7. The molecule has 0 bridgehead atoms. The third kappa shape index (κ3) is 3.10. The minimum atomic E-state index is -4.32. The Kier molecular flexibility index (Phi) is 3.82. The van der Waals surface area contributed by atoms with Gasteiger partial charge in [-0.2, -0.15) is 13.2 Å². The molecule has 0 amide bonds. The molecule has 8 heteroatoms. The van der Waals surface area contributed by atoms with Crippen LogP contribution in [0.25, 0.3) is 0 Å². The number of hydrogen-bond acceptors (Lipinski definition) is 4. The highest BCUT2D eigenvalue weighted by atomic mass is 19.4. The van der Waals surface area contributed by atoms with E-state index in [4.69, 9.17) is 0 Å². The topological polar surface area (TPSA) is 46.4 Å². The number of rotatable bonds is 2. The monoisotopic (exact) mass is 310 g/mol. The van der Waals surface area contributed by atoms with Crippen LogP contribution < -0.4 is 14.8 Å². The molecule has 5 nitrogen and oxygen atoms in total. The average molecular weight is 310 g/mol. The summed E-state index contributed by atoms with van der Waals surface area (Å²) in [6.07, 6.45) is 0.0666. The molecule has 0 unspecified atom stereocenters. The fourth-order valence-corrected chi connectivity index (χ4v) is 2.39. The van der Waals surface area contributed by atoms with Crippen LogP contribution in [0.15, 0.2) is 36.8 Å². The van der Waals surface area contributed by atoms with E-state index in [1.165, 1.54) is 6.07 Å². The number of anilines is 2.